The molecule has 1 saturated heterocycles. The minimum absolute atomic E-state index is 0.117. The summed E-state index contributed by atoms with van der Waals surface area (Å²) in [4.78, 5) is 55.6. The average Bonchev–Trinajstić information content (AvgIpc) is 3.36. The fourth-order valence-electron chi connectivity index (χ4n) is 6.66. The molecule has 2 atom stereocenters. The predicted octanol–water partition coefficient (Wildman–Crippen LogP) is 2.79. The van der Waals surface area contributed by atoms with E-state index in [1.165, 1.54) is 20.1 Å². The molecule has 13 heteroatoms. The van der Waals surface area contributed by atoms with Crippen LogP contribution in [0.4, 0.5) is 5.69 Å². The van der Waals surface area contributed by atoms with Crippen LogP contribution in [0.15, 0.2) is 53.3 Å². The largest absolute Gasteiger partial charge is 0.493 e. The van der Waals surface area contributed by atoms with Gasteiger partial charge in [-0.1, -0.05) is 18.2 Å². The first kappa shape index (κ1) is 33.4. The number of benzene rings is 2. The zero-order valence-corrected chi connectivity index (χ0v) is 28.0. The molecule has 3 aromatic carbocycles. The zero-order valence-electron chi connectivity index (χ0n) is 28.0. The third-order valence-electron chi connectivity index (χ3n) is 9.07. The molecule has 0 saturated carbocycles. The van der Waals surface area contributed by atoms with E-state index in [1.807, 2.05) is 18.2 Å². The highest BCUT2D eigenvalue weighted by Gasteiger charge is 2.34. The molecule has 0 unspecified atom stereocenters. The van der Waals surface area contributed by atoms with Crippen molar-refractivity contribution in [1.82, 2.24) is 15.1 Å². The zero-order chi connectivity index (χ0) is 34.7. The summed E-state index contributed by atoms with van der Waals surface area (Å²) in [5.41, 5.74) is 2.86. The van der Waals surface area contributed by atoms with Gasteiger partial charge < -0.3 is 44.1 Å². The van der Waals surface area contributed by atoms with Gasteiger partial charge in [0.1, 0.15) is 6.61 Å². The number of rotatable bonds is 8. The molecule has 1 aliphatic carbocycles. The molecule has 258 valence electrons. The Labute approximate surface area is 284 Å². The van der Waals surface area contributed by atoms with Crippen molar-refractivity contribution in [1.29, 1.82) is 0 Å². The quantitative estimate of drug-likeness (QED) is 0.367. The van der Waals surface area contributed by atoms with E-state index in [2.05, 4.69) is 10.6 Å². The van der Waals surface area contributed by atoms with Crippen LogP contribution < -0.4 is 39.7 Å². The third kappa shape index (κ3) is 6.78. The molecule has 6 rings (SSSR count). The molecule has 3 aromatic rings. The molecule has 0 spiro atoms. The Morgan fingerprint density at radius 1 is 0.898 bits per heavy atom. The van der Waals surface area contributed by atoms with E-state index in [9.17, 15) is 19.2 Å². The summed E-state index contributed by atoms with van der Waals surface area (Å²) in [6, 6.07) is 13.6. The van der Waals surface area contributed by atoms with E-state index in [0.29, 0.717) is 78.9 Å². The van der Waals surface area contributed by atoms with Gasteiger partial charge >= 0.3 is 0 Å². The molecule has 13 nitrogen and oxygen atoms in total. The molecular formula is C36H40N4O9. The van der Waals surface area contributed by atoms with Gasteiger partial charge in [-0.25, -0.2) is 0 Å². The van der Waals surface area contributed by atoms with Crippen LogP contribution >= 0.6 is 0 Å². The van der Waals surface area contributed by atoms with E-state index < -0.39 is 12.1 Å². The van der Waals surface area contributed by atoms with Crippen LogP contribution in [0.2, 0.25) is 0 Å². The van der Waals surface area contributed by atoms with Crippen molar-refractivity contribution in [2.75, 3.05) is 66.0 Å². The standard InChI is InChI=1S/C36H40N4O9/c1-21(41)38-25-11-9-22-17-30(45-2)34(46-3)35(47-4)33(22)23-10-12-26(27(42)18-24(23)25)37-19-32(43)39-13-15-40(16-14-39)36(44)31-20-48-28-7-5-6-8-29(28)49-31/h5-8,10,12,17-18,25,31H,9,11,13-16,19-20H2,1-4H3,(H,37,42)(H,38,41)/t25-,31+/m1/s1. The van der Waals surface area contributed by atoms with Crippen molar-refractivity contribution in [2.45, 2.75) is 31.9 Å². The van der Waals surface area contributed by atoms with Crippen LogP contribution in [0.25, 0.3) is 11.1 Å². The van der Waals surface area contributed by atoms with Crippen LogP contribution in [-0.2, 0) is 20.8 Å². The molecule has 2 heterocycles. The topological polar surface area (TPSA) is 145 Å². The number of fused-ring (bicyclic) bond motifs is 4. The Balaban J connectivity index is 1.18. The van der Waals surface area contributed by atoms with Crippen molar-refractivity contribution in [3.05, 3.63) is 69.9 Å². The first-order valence-corrected chi connectivity index (χ1v) is 16.2. The number of hydrogen-bond donors (Lipinski definition) is 2. The number of hydrogen-bond acceptors (Lipinski definition) is 10. The Kier molecular flexibility index (Phi) is 9.79. The van der Waals surface area contributed by atoms with Crippen LogP contribution in [0.1, 0.15) is 30.5 Å². The molecule has 0 aromatic heterocycles. The molecule has 3 aliphatic rings. The lowest BCUT2D eigenvalue weighted by atomic mass is 9.95. The lowest BCUT2D eigenvalue weighted by Gasteiger charge is -2.37. The van der Waals surface area contributed by atoms with Gasteiger partial charge in [0.05, 0.1) is 39.6 Å². The van der Waals surface area contributed by atoms with Gasteiger partial charge in [-0.05, 0) is 59.9 Å². The summed E-state index contributed by atoms with van der Waals surface area (Å²) in [7, 11) is 4.63. The number of piperazine rings is 1. The first-order chi connectivity index (χ1) is 23.7. The van der Waals surface area contributed by atoms with Crippen molar-refractivity contribution < 1.29 is 38.1 Å². The van der Waals surface area contributed by atoms with Crippen molar-refractivity contribution >= 4 is 23.4 Å². The summed E-state index contributed by atoms with van der Waals surface area (Å²) in [5.74, 6) is 1.91. The van der Waals surface area contributed by atoms with Gasteiger partial charge in [0.2, 0.25) is 29.1 Å². The monoisotopic (exact) mass is 672 g/mol. The fourth-order valence-corrected chi connectivity index (χ4v) is 6.66. The number of carbonyl (C=O) groups excluding carboxylic acids is 3. The Hall–Kier alpha value is -5.46. The predicted molar refractivity (Wildman–Crippen MR) is 181 cm³/mol. The molecule has 1 fully saturated rings. The SMILES string of the molecule is COc1cc2c(c(OC)c1OC)-c1ccc(NCC(=O)N3CCN(C(=O)[C@@H]4COc5ccccc5O4)CC3)c(=O)cc1[C@H](NC(C)=O)CC2. The molecule has 2 aliphatic heterocycles. The number of anilines is 1. The van der Waals surface area contributed by atoms with Crippen LogP contribution in [0.5, 0.6) is 28.7 Å². The van der Waals surface area contributed by atoms with Gasteiger partial charge in [-0.2, -0.15) is 0 Å². The number of amides is 3. The number of ether oxygens (including phenoxy) is 5. The highest BCUT2D eigenvalue weighted by Crippen LogP contribution is 2.50. The highest BCUT2D eigenvalue weighted by molar-refractivity contribution is 5.85. The second-order valence-electron chi connectivity index (χ2n) is 12.0. The van der Waals surface area contributed by atoms with Gasteiger partial charge in [-0.15, -0.1) is 0 Å². The number of methoxy groups -OCH3 is 3. The van der Waals surface area contributed by atoms with Gasteiger partial charge in [0.15, 0.2) is 23.0 Å². The van der Waals surface area contributed by atoms with Gasteiger partial charge in [0.25, 0.3) is 5.91 Å². The number of nitrogens with one attached hydrogen (secondary N) is 2. The second kappa shape index (κ2) is 14.3. The maximum Gasteiger partial charge on any atom is 0.267 e. The van der Waals surface area contributed by atoms with Crippen molar-refractivity contribution in [3.63, 3.8) is 0 Å². The fraction of sp³-hybridized carbons (Fsp3) is 0.389. The van der Waals surface area contributed by atoms with Crippen LogP contribution in [0.3, 0.4) is 0 Å². The van der Waals surface area contributed by atoms with Gasteiger partial charge in [-0.3, -0.25) is 19.2 Å². The van der Waals surface area contributed by atoms with E-state index in [4.69, 9.17) is 23.7 Å². The minimum Gasteiger partial charge on any atom is -0.493 e. The minimum atomic E-state index is -0.747. The smallest absolute Gasteiger partial charge is 0.267 e. The normalized spacial score (nSPS) is 17.9. The summed E-state index contributed by atoms with van der Waals surface area (Å²) in [6.07, 6.45) is 0.366. The summed E-state index contributed by atoms with van der Waals surface area (Å²) in [6.45, 7) is 2.85. The van der Waals surface area contributed by atoms with Crippen molar-refractivity contribution in [2.24, 2.45) is 0 Å². The average molecular weight is 673 g/mol. The number of aryl methyl sites for hydroxylation is 1. The second-order valence-corrected chi connectivity index (χ2v) is 12.0. The van der Waals surface area contributed by atoms with Gasteiger partial charge in [0, 0.05) is 38.7 Å². The summed E-state index contributed by atoms with van der Waals surface area (Å²) in [5, 5.41) is 6.02. The molecular weight excluding hydrogens is 632 g/mol. The molecule has 0 bridgehead atoms. The van der Waals surface area contributed by atoms with Crippen LogP contribution in [-0.4, -0.2) is 94.3 Å². The molecule has 3 amide bonds. The Bertz CT molecular complexity index is 1820. The summed E-state index contributed by atoms with van der Waals surface area (Å²) < 4.78 is 28.7. The molecule has 2 N–H and O–H groups in total. The van der Waals surface area contributed by atoms with E-state index in [1.54, 1.807) is 48.3 Å². The van der Waals surface area contributed by atoms with Crippen LogP contribution in [0, 0.1) is 0 Å². The number of nitrogens with zero attached hydrogens (tertiary/aromatic N) is 2. The van der Waals surface area contributed by atoms with E-state index in [-0.39, 0.29) is 42.0 Å². The molecule has 49 heavy (non-hydrogen) atoms. The molecule has 0 radical (unpaired) electrons. The summed E-state index contributed by atoms with van der Waals surface area (Å²) >= 11 is 0. The maximum absolute atomic E-state index is 13.6. The first-order valence-electron chi connectivity index (χ1n) is 16.2. The number of para-hydroxylation sites is 2. The highest BCUT2D eigenvalue weighted by atomic mass is 16.6. The van der Waals surface area contributed by atoms with E-state index >= 15 is 0 Å². The third-order valence-corrected chi connectivity index (χ3v) is 9.07. The number of carbonyl (C=O) groups is 3. The lowest BCUT2D eigenvalue weighted by molar-refractivity contribution is -0.145. The Morgan fingerprint density at radius 3 is 2.31 bits per heavy atom. The lowest BCUT2D eigenvalue weighted by Crippen LogP contribution is -2.55. The maximum atomic E-state index is 13.6. The Morgan fingerprint density at radius 2 is 1.61 bits per heavy atom. The van der Waals surface area contributed by atoms with E-state index in [0.717, 1.165) is 11.1 Å². The van der Waals surface area contributed by atoms with Crippen molar-refractivity contribution in [3.8, 4) is 39.9 Å².